The number of aliphatic hydroxyl groups excluding tert-OH is 2. The van der Waals surface area contributed by atoms with Crippen molar-refractivity contribution < 1.29 is 24.5 Å². The first kappa shape index (κ1) is 53.9. The van der Waals surface area contributed by atoms with Crippen LogP contribution in [0.5, 0.6) is 0 Å². The molecule has 0 fully saturated rings. The summed E-state index contributed by atoms with van der Waals surface area (Å²) in [4.78, 5) is 24.4. The predicted octanol–water partition coefficient (Wildman–Crippen LogP) is 14.4. The Balaban J connectivity index is 3.42. The molecule has 55 heavy (non-hydrogen) atoms. The smallest absolute Gasteiger partial charge is 0.305 e. The highest BCUT2D eigenvalue weighted by Crippen LogP contribution is 2.17. The maximum absolute atomic E-state index is 12.4. The number of aliphatic hydroxyl groups is 2. The molecule has 6 heteroatoms. The van der Waals surface area contributed by atoms with Gasteiger partial charge in [0.15, 0.2) is 0 Å². The highest BCUT2D eigenvalue weighted by molar-refractivity contribution is 5.76. The van der Waals surface area contributed by atoms with Crippen LogP contribution in [0, 0.1) is 0 Å². The van der Waals surface area contributed by atoms with E-state index >= 15 is 0 Å². The molecule has 0 radical (unpaired) electrons. The third kappa shape index (κ3) is 42.3. The van der Waals surface area contributed by atoms with Gasteiger partial charge in [0.1, 0.15) is 0 Å². The van der Waals surface area contributed by atoms with Crippen LogP contribution in [-0.2, 0) is 14.3 Å². The molecule has 0 bridgehead atoms. The van der Waals surface area contributed by atoms with Gasteiger partial charge in [-0.15, -0.1) is 0 Å². The van der Waals surface area contributed by atoms with Crippen molar-refractivity contribution in [2.75, 3.05) is 13.2 Å². The predicted molar refractivity (Wildman–Crippen MR) is 237 cm³/mol. The number of rotatable bonds is 46. The summed E-state index contributed by atoms with van der Waals surface area (Å²) in [5.74, 6) is -0.0565. The van der Waals surface area contributed by atoms with Crippen molar-refractivity contribution in [2.45, 2.75) is 289 Å². The molecule has 0 saturated carbocycles. The van der Waals surface area contributed by atoms with E-state index in [1.54, 1.807) is 0 Å². The number of unbranched alkanes of at least 4 members (excludes halogenated alkanes) is 35. The number of hydrogen-bond donors (Lipinski definition) is 3. The zero-order valence-electron chi connectivity index (χ0n) is 37.2. The van der Waals surface area contributed by atoms with E-state index in [9.17, 15) is 19.8 Å². The van der Waals surface area contributed by atoms with Crippen LogP contribution in [0.15, 0.2) is 0 Å². The van der Waals surface area contributed by atoms with Crippen LogP contribution in [0.1, 0.15) is 277 Å². The van der Waals surface area contributed by atoms with Gasteiger partial charge in [-0.2, -0.15) is 0 Å². The van der Waals surface area contributed by atoms with Gasteiger partial charge < -0.3 is 20.3 Å². The van der Waals surface area contributed by atoms with Crippen LogP contribution in [-0.4, -0.2) is 47.4 Å². The van der Waals surface area contributed by atoms with Crippen molar-refractivity contribution in [1.82, 2.24) is 5.32 Å². The van der Waals surface area contributed by atoms with Gasteiger partial charge in [-0.25, -0.2) is 0 Å². The largest absolute Gasteiger partial charge is 0.466 e. The lowest BCUT2D eigenvalue weighted by Gasteiger charge is -2.22. The highest BCUT2D eigenvalue weighted by atomic mass is 16.5. The van der Waals surface area contributed by atoms with Crippen LogP contribution < -0.4 is 5.32 Å². The van der Waals surface area contributed by atoms with Crippen LogP contribution in [0.4, 0.5) is 0 Å². The van der Waals surface area contributed by atoms with Crippen LogP contribution in [0.2, 0.25) is 0 Å². The van der Waals surface area contributed by atoms with E-state index in [0.29, 0.717) is 25.9 Å². The number of ether oxygens (including phenoxy) is 1. The molecule has 0 rings (SSSR count). The Kier molecular flexibility index (Phi) is 44.6. The van der Waals surface area contributed by atoms with Gasteiger partial charge in [-0.3, -0.25) is 9.59 Å². The van der Waals surface area contributed by atoms with Gasteiger partial charge in [-0.1, -0.05) is 239 Å². The molecule has 0 aliphatic heterocycles. The molecule has 0 aromatic rings. The topological polar surface area (TPSA) is 95.9 Å². The minimum Gasteiger partial charge on any atom is -0.466 e. The molecule has 2 atom stereocenters. The Morgan fingerprint density at radius 2 is 0.745 bits per heavy atom. The minimum atomic E-state index is -0.671. The lowest BCUT2D eigenvalue weighted by atomic mass is 10.0. The summed E-state index contributed by atoms with van der Waals surface area (Å²) in [6, 6.07) is -0.549. The van der Waals surface area contributed by atoms with Gasteiger partial charge in [0.05, 0.1) is 25.4 Å². The second-order valence-electron chi connectivity index (χ2n) is 17.2. The Morgan fingerprint density at radius 3 is 1.11 bits per heavy atom. The lowest BCUT2D eigenvalue weighted by molar-refractivity contribution is -0.143. The van der Waals surface area contributed by atoms with Gasteiger partial charge >= 0.3 is 5.97 Å². The Hall–Kier alpha value is -1.14. The van der Waals surface area contributed by atoms with Crippen molar-refractivity contribution in [3.63, 3.8) is 0 Å². The molecule has 0 saturated heterocycles. The van der Waals surface area contributed by atoms with Crippen molar-refractivity contribution in [1.29, 1.82) is 0 Å². The van der Waals surface area contributed by atoms with Crippen molar-refractivity contribution >= 4 is 11.9 Å². The highest BCUT2D eigenvalue weighted by Gasteiger charge is 2.20. The third-order valence-electron chi connectivity index (χ3n) is 11.7. The molecule has 0 aliphatic rings. The molecule has 6 nitrogen and oxygen atoms in total. The van der Waals surface area contributed by atoms with Gasteiger partial charge in [0.25, 0.3) is 0 Å². The maximum Gasteiger partial charge on any atom is 0.305 e. The van der Waals surface area contributed by atoms with E-state index in [1.807, 2.05) is 0 Å². The molecule has 2 unspecified atom stereocenters. The fourth-order valence-electron chi connectivity index (χ4n) is 7.82. The summed E-state index contributed by atoms with van der Waals surface area (Å²) in [5, 5.41) is 23.1. The second kappa shape index (κ2) is 45.6. The van der Waals surface area contributed by atoms with Crippen LogP contribution >= 0.6 is 0 Å². The molecule has 3 N–H and O–H groups in total. The molecule has 0 spiro atoms. The molecule has 1 amide bonds. The molecule has 328 valence electrons. The molecule has 0 aromatic heterocycles. The quantitative estimate of drug-likeness (QED) is 0.0422. The first-order chi connectivity index (χ1) is 27.0. The van der Waals surface area contributed by atoms with E-state index in [0.717, 1.165) is 57.8 Å². The molecular formula is C49H97NO5. The van der Waals surface area contributed by atoms with Crippen LogP contribution in [0.25, 0.3) is 0 Å². The number of carbonyl (C=O) groups is 2. The second-order valence-corrected chi connectivity index (χ2v) is 17.2. The minimum absolute atomic E-state index is 0.00615. The summed E-state index contributed by atoms with van der Waals surface area (Å²) < 4.78 is 5.46. The Bertz CT molecular complexity index is 776. The molecule has 0 aliphatic carbocycles. The van der Waals surface area contributed by atoms with E-state index < -0.39 is 12.1 Å². The summed E-state index contributed by atoms with van der Waals surface area (Å²) in [6.45, 7) is 4.92. The monoisotopic (exact) mass is 780 g/mol. The average molecular weight is 780 g/mol. The van der Waals surface area contributed by atoms with Gasteiger partial charge in [0, 0.05) is 12.8 Å². The fourth-order valence-corrected chi connectivity index (χ4v) is 7.82. The van der Waals surface area contributed by atoms with Crippen molar-refractivity contribution in [2.24, 2.45) is 0 Å². The summed E-state index contributed by atoms with van der Waals surface area (Å²) in [6.07, 6.45) is 49.2. The average Bonchev–Trinajstić information content (AvgIpc) is 3.18. The Morgan fingerprint density at radius 1 is 0.436 bits per heavy atom. The summed E-state index contributed by atoms with van der Waals surface area (Å²) in [5.41, 5.74) is 0. The van der Waals surface area contributed by atoms with E-state index in [-0.39, 0.29) is 18.5 Å². The first-order valence-corrected chi connectivity index (χ1v) is 24.8. The number of carbonyl (C=O) groups excluding carboxylic acids is 2. The SMILES string of the molecule is CCCCCCCCCCCCCCCCCC(=O)OCCCCCCCCCCCCCCC(=O)NC(CO)C(O)CCCCCCCCCCCCC. The van der Waals surface area contributed by atoms with Crippen molar-refractivity contribution in [3.8, 4) is 0 Å². The van der Waals surface area contributed by atoms with E-state index in [4.69, 9.17) is 4.74 Å². The Labute approximate surface area is 343 Å². The van der Waals surface area contributed by atoms with Crippen molar-refractivity contribution in [3.05, 3.63) is 0 Å². The molecular weight excluding hydrogens is 683 g/mol. The lowest BCUT2D eigenvalue weighted by Crippen LogP contribution is -2.45. The number of nitrogens with one attached hydrogen (secondary N) is 1. The third-order valence-corrected chi connectivity index (χ3v) is 11.7. The first-order valence-electron chi connectivity index (χ1n) is 24.8. The normalized spacial score (nSPS) is 12.6. The van der Waals surface area contributed by atoms with Crippen LogP contribution in [0.3, 0.4) is 0 Å². The molecule has 0 aromatic carbocycles. The van der Waals surface area contributed by atoms with Gasteiger partial charge in [0.2, 0.25) is 5.91 Å². The zero-order valence-corrected chi connectivity index (χ0v) is 37.2. The van der Waals surface area contributed by atoms with E-state index in [2.05, 4.69) is 19.2 Å². The zero-order chi connectivity index (χ0) is 40.1. The number of esters is 1. The maximum atomic E-state index is 12.4. The standard InChI is InChI=1S/C49H97NO5/c1-3-5-7-9-11-13-15-16-17-18-23-27-31-35-39-43-49(54)55-44-40-36-32-28-24-20-19-22-26-30-34-38-42-48(53)50-46(45-51)47(52)41-37-33-29-25-21-14-12-10-8-6-4-2/h46-47,51-52H,3-45H2,1-2H3,(H,50,53). The summed E-state index contributed by atoms with van der Waals surface area (Å²) >= 11 is 0. The van der Waals surface area contributed by atoms with Gasteiger partial charge in [-0.05, 0) is 25.7 Å². The number of amides is 1. The summed E-state index contributed by atoms with van der Waals surface area (Å²) in [7, 11) is 0. The van der Waals surface area contributed by atoms with E-state index in [1.165, 1.54) is 186 Å². The fraction of sp³-hybridized carbons (Fsp3) is 0.959. The molecule has 0 heterocycles. The number of hydrogen-bond acceptors (Lipinski definition) is 5.